The number of amides is 1. The van der Waals surface area contributed by atoms with Gasteiger partial charge in [-0.1, -0.05) is 0 Å². The first-order valence-electron chi connectivity index (χ1n) is 8.92. The lowest BCUT2D eigenvalue weighted by Gasteiger charge is -2.56. The van der Waals surface area contributed by atoms with Crippen LogP contribution in [0.15, 0.2) is 6.07 Å². The third kappa shape index (κ3) is 2.80. The summed E-state index contributed by atoms with van der Waals surface area (Å²) in [4.78, 5) is 22.7. The van der Waals surface area contributed by atoms with Crippen LogP contribution in [0.5, 0.6) is 0 Å². The number of aromatic nitrogens is 2. The maximum absolute atomic E-state index is 12.5. The Morgan fingerprint density at radius 2 is 1.92 bits per heavy atom. The Morgan fingerprint density at radius 3 is 2.42 bits per heavy atom. The highest BCUT2D eigenvalue weighted by Crippen LogP contribution is 2.55. The molecule has 5 rings (SSSR count). The zero-order chi connectivity index (χ0) is 16.9. The van der Waals surface area contributed by atoms with Crippen molar-refractivity contribution in [3.8, 4) is 0 Å². The summed E-state index contributed by atoms with van der Waals surface area (Å²) in [5, 5.41) is 18.0. The van der Waals surface area contributed by atoms with Crippen molar-refractivity contribution in [2.45, 2.75) is 64.0 Å². The van der Waals surface area contributed by atoms with Crippen LogP contribution in [0, 0.1) is 34.8 Å². The molecule has 0 aromatic carbocycles. The van der Waals surface area contributed by atoms with Crippen molar-refractivity contribution in [2.75, 3.05) is 0 Å². The van der Waals surface area contributed by atoms with Crippen LogP contribution < -0.4 is 5.32 Å². The molecule has 7 heteroatoms. The predicted molar refractivity (Wildman–Crippen MR) is 87.3 cm³/mol. The molecule has 1 heterocycles. The molecule has 130 valence electrons. The van der Waals surface area contributed by atoms with Gasteiger partial charge in [0, 0.05) is 12.0 Å². The Labute approximate surface area is 140 Å². The van der Waals surface area contributed by atoms with Crippen molar-refractivity contribution in [2.24, 2.45) is 17.8 Å². The molecule has 0 atom stereocenters. The summed E-state index contributed by atoms with van der Waals surface area (Å²) in [5.74, 6) is 2.29. The third-order valence-corrected chi connectivity index (χ3v) is 6.15. The molecule has 1 aromatic heterocycles. The van der Waals surface area contributed by atoms with Crippen LogP contribution in [-0.4, -0.2) is 26.1 Å². The molecule has 1 aromatic rings. The van der Waals surface area contributed by atoms with Gasteiger partial charge in [0.2, 0.25) is 5.91 Å². The smallest absolute Gasteiger partial charge is 0.358 e. The highest BCUT2D eigenvalue weighted by molar-refractivity contribution is 5.76. The first kappa shape index (κ1) is 15.6. The monoisotopic (exact) mass is 332 g/mol. The lowest BCUT2D eigenvalue weighted by atomic mass is 9.53. The second-order valence-electron chi connectivity index (χ2n) is 8.12. The summed E-state index contributed by atoms with van der Waals surface area (Å²) in [5.41, 5.74) is 0.737. The summed E-state index contributed by atoms with van der Waals surface area (Å²) >= 11 is 0. The van der Waals surface area contributed by atoms with Crippen LogP contribution in [0.3, 0.4) is 0 Å². The third-order valence-electron chi connectivity index (χ3n) is 6.15. The molecule has 0 radical (unpaired) electrons. The molecular weight excluding hydrogens is 308 g/mol. The number of carbonyl (C=O) groups is 1. The molecule has 1 N–H and O–H groups in total. The average molecular weight is 332 g/mol. The van der Waals surface area contributed by atoms with E-state index in [0.29, 0.717) is 18.7 Å². The number of aryl methyl sites for hydroxylation is 2. The lowest BCUT2D eigenvalue weighted by molar-refractivity contribution is -0.389. The molecule has 4 saturated carbocycles. The number of nitrogens with zero attached hydrogens (tertiary/aromatic N) is 3. The second kappa shape index (κ2) is 5.57. The van der Waals surface area contributed by atoms with Crippen LogP contribution >= 0.6 is 0 Å². The van der Waals surface area contributed by atoms with E-state index in [0.717, 1.165) is 37.0 Å². The van der Waals surface area contributed by atoms with Crippen molar-refractivity contribution in [1.29, 1.82) is 0 Å². The highest BCUT2D eigenvalue weighted by Gasteiger charge is 2.51. The van der Waals surface area contributed by atoms with Crippen molar-refractivity contribution in [3.63, 3.8) is 0 Å². The molecule has 0 spiro atoms. The molecule has 0 unspecified atom stereocenters. The van der Waals surface area contributed by atoms with E-state index in [9.17, 15) is 14.9 Å². The standard InChI is InChI=1S/C17H24N4O3/c1-11-4-15(21(23)24)19-20(11)3-2-16(22)18-17-8-12-5-13(9-17)7-14(6-12)10-17/h4,12-14H,2-3,5-10H2,1H3,(H,18,22). The zero-order valence-corrected chi connectivity index (χ0v) is 14.0. The molecular formula is C17H24N4O3. The van der Waals surface area contributed by atoms with E-state index >= 15 is 0 Å². The minimum Gasteiger partial charge on any atom is -0.358 e. The van der Waals surface area contributed by atoms with Gasteiger partial charge in [-0.15, -0.1) is 0 Å². The summed E-state index contributed by atoms with van der Waals surface area (Å²) in [6.07, 6.45) is 7.79. The van der Waals surface area contributed by atoms with E-state index < -0.39 is 4.92 Å². The Balaban J connectivity index is 1.36. The first-order chi connectivity index (χ1) is 11.4. The number of nitro groups is 1. The van der Waals surface area contributed by atoms with Gasteiger partial charge < -0.3 is 15.4 Å². The summed E-state index contributed by atoms with van der Waals surface area (Å²) < 4.78 is 1.55. The molecule has 0 aliphatic heterocycles. The summed E-state index contributed by atoms with van der Waals surface area (Å²) in [7, 11) is 0. The van der Waals surface area contributed by atoms with Gasteiger partial charge in [-0.2, -0.15) is 4.68 Å². The topological polar surface area (TPSA) is 90.1 Å². The minimum absolute atomic E-state index is 0.0248. The Kier molecular flexibility index (Phi) is 3.62. The largest absolute Gasteiger partial charge is 0.390 e. The van der Waals surface area contributed by atoms with Gasteiger partial charge in [-0.3, -0.25) is 4.79 Å². The fourth-order valence-electron chi connectivity index (χ4n) is 5.64. The second-order valence-corrected chi connectivity index (χ2v) is 8.12. The Hall–Kier alpha value is -1.92. The van der Waals surface area contributed by atoms with E-state index in [2.05, 4.69) is 10.4 Å². The van der Waals surface area contributed by atoms with E-state index in [-0.39, 0.29) is 17.3 Å². The number of hydrogen-bond donors (Lipinski definition) is 1. The van der Waals surface area contributed by atoms with Gasteiger partial charge in [0.1, 0.15) is 0 Å². The van der Waals surface area contributed by atoms with Gasteiger partial charge in [-0.05, 0) is 68.1 Å². The van der Waals surface area contributed by atoms with E-state index in [1.165, 1.54) is 25.3 Å². The fourth-order valence-corrected chi connectivity index (χ4v) is 5.64. The quantitative estimate of drug-likeness (QED) is 0.663. The molecule has 4 bridgehead atoms. The van der Waals surface area contributed by atoms with Gasteiger partial charge in [0.05, 0.1) is 23.4 Å². The van der Waals surface area contributed by atoms with Gasteiger partial charge in [-0.25, -0.2) is 0 Å². The minimum atomic E-state index is -0.501. The summed E-state index contributed by atoms with van der Waals surface area (Å²) in [6.45, 7) is 2.16. The maximum atomic E-state index is 12.5. The molecule has 4 aliphatic carbocycles. The molecule has 4 fully saturated rings. The SMILES string of the molecule is Cc1cc([N+](=O)[O-])nn1CCC(=O)NC12CC3CC(CC(C3)C1)C2. The predicted octanol–water partition coefficient (Wildman–Crippen LogP) is 2.57. The van der Waals surface area contributed by atoms with Crippen molar-refractivity contribution >= 4 is 11.7 Å². The highest BCUT2D eigenvalue weighted by atomic mass is 16.6. The molecule has 4 aliphatic rings. The number of nitrogens with one attached hydrogen (secondary N) is 1. The Morgan fingerprint density at radius 1 is 1.33 bits per heavy atom. The lowest BCUT2D eigenvalue weighted by Crippen LogP contribution is -2.59. The zero-order valence-electron chi connectivity index (χ0n) is 14.0. The maximum Gasteiger partial charge on any atom is 0.390 e. The molecule has 1 amide bonds. The first-order valence-corrected chi connectivity index (χ1v) is 8.92. The normalized spacial score (nSPS) is 33.6. The van der Waals surface area contributed by atoms with Crippen molar-refractivity contribution in [3.05, 3.63) is 21.9 Å². The van der Waals surface area contributed by atoms with Gasteiger partial charge >= 0.3 is 5.82 Å². The van der Waals surface area contributed by atoms with Crippen LogP contribution in [0.4, 0.5) is 5.82 Å². The van der Waals surface area contributed by atoms with Gasteiger partial charge in [0.15, 0.2) is 0 Å². The van der Waals surface area contributed by atoms with Crippen LogP contribution in [-0.2, 0) is 11.3 Å². The molecule has 7 nitrogen and oxygen atoms in total. The van der Waals surface area contributed by atoms with Crippen LogP contribution in [0.2, 0.25) is 0 Å². The molecule has 0 saturated heterocycles. The van der Waals surface area contributed by atoms with Crippen LogP contribution in [0.1, 0.15) is 50.6 Å². The van der Waals surface area contributed by atoms with E-state index in [1.54, 1.807) is 11.6 Å². The van der Waals surface area contributed by atoms with Crippen molar-refractivity contribution in [1.82, 2.24) is 15.1 Å². The summed E-state index contributed by atoms with van der Waals surface area (Å²) in [6, 6.07) is 1.44. The van der Waals surface area contributed by atoms with E-state index in [4.69, 9.17) is 0 Å². The number of carbonyl (C=O) groups excluding carboxylic acids is 1. The average Bonchev–Trinajstić information content (AvgIpc) is 2.84. The van der Waals surface area contributed by atoms with Gasteiger partial charge in [0.25, 0.3) is 0 Å². The van der Waals surface area contributed by atoms with E-state index in [1.807, 2.05) is 0 Å². The molecule has 24 heavy (non-hydrogen) atoms. The number of hydrogen-bond acceptors (Lipinski definition) is 4. The van der Waals surface area contributed by atoms with Crippen molar-refractivity contribution < 1.29 is 9.72 Å². The Bertz CT molecular complexity index is 646. The van der Waals surface area contributed by atoms with Crippen LogP contribution in [0.25, 0.3) is 0 Å². The number of rotatable bonds is 5. The fraction of sp³-hybridized carbons (Fsp3) is 0.765.